The molecule has 4 heterocycles. The molecule has 0 spiro atoms. The maximum absolute atomic E-state index is 13.8. The molecule has 6 amide bonds. The third kappa shape index (κ3) is 42.1. The Morgan fingerprint density at radius 1 is 0.432 bits per heavy atom. The van der Waals surface area contributed by atoms with Crippen LogP contribution in [0.4, 0.5) is 22.0 Å². The fourth-order valence-electron chi connectivity index (χ4n) is 12.2. The van der Waals surface area contributed by atoms with E-state index in [1.165, 1.54) is 9.36 Å². The lowest BCUT2D eigenvalue weighted by Gasteiger charge is -2.46. The summed E-state index contributed by atoms with van der Waals surface area (Å²) in [5.74, 6) is -26.7. The Bertz CT molecular complexity index is 3850. The first kappa shape index (κ1) is 114. The average molecular weight is 1920 g/mol. The lowest BCUT2D eigenvalue weighted by molar-refractivity contribution is -0.313. The number of esters is 1. The zero-order valence-corrected chi connectivity index (χ0v) is 72.4. The first-order chi connectivity index (χ1) is 63.4. The van der Waals surface area contributed by atoms with Crippen LogP contribution >= 0.6 is 0 Å². The molecule has 0 bridgehead atoms. The summed E-state index contributed by atoms with van der Waals surface area (Å²) in [5, 5.41) is 151. The maximum Gasteiger partial charge on any atom is 0.364 e. The number of hydrogen-bond donors (Lipinski definition) is 18. The molecule has 50 nitrogen and oxygen atoms in total. The fourth-order valence-corrected chi connectivity index (χ4v) is 12.2. The number of carboxylic acid groups (broad SMARTS) is 2. The van der Waals surface area contributed by atoms with Crippen LogP contribution in [0.15, 0.2) is 12.4 Å². The largest absolute Gasteiger partial charge is 0.477 e. The van der Waals surface area contributed by atoms with Crippen molar-refractivity contribution in [1.29, 1.82) is 0 Å². The van der Waals surface area contributed by atoms with E-state index in [0.29, 0.717) is 37.3 Å². The third-order valence-corrected chi connectivity index (χ3v) is 19.0. The van der Waals surface area contributed by atoms with E-state index >= 15 is 0 Å². The van der Waals surface area contributed by atoms with Crippen molar-refractivity contribution in [2.24, 2.45) is 0 Å². The summed E-state index contributed by atoms with van der Waals surface area (Å²) in [4.78, 5) is 112. The Morgan fingerprint density at radius 3 is 1.21 bits per heavy atom. The van der Waals surface area contributed by atoms with Gasteiger partial charge in [-0.25, -0.2) is 32.1 Å². The number of nitrogens with one attached hydrogen (secondary N) is 6. The standard InChI is InChI=1S/C77H121F5N12O38/c78-61-62(79)64(81)70(65(82)63(61)80)130-60(108)8-16-118-22-26-122-28-29-123-27-23-119-17-11-85-73(111)50(4-1-2-9-83-55(103)6-14-116-20-24-120-18-12-93-40-48(89-91-93)46-126-32-30-124-34-36-128-76(74(112)113)38-51(99)66(87-58(106)44-97)71(131-76)68(109)53(101)42-95)86-57(105)5-3-10-84-56(104)7-15-117-21-25-121-19-13-94-41-49(90-92-94)47-127-33-31-125-35-37-129-77(75(114)115)39-52(100)67(88-59(107)45-98)72(132-77)69(110)54(102)43-96/h40-41,50-54,66-69,71-72,95-102,109-110H,1-39,42-47H2,(H,83,103)(H,84,104)(H,85,111)(H,86,105)(H,87,106)(H,88,107)(H,112,113)(H,114,115)/t50-,51-,52-,53+,54+,66+,67+,68+,69+,71+,72+,76+,77+/m0/s1. The highest BCUT2D eigenvalue weighted by Crippen LogP contribution is 2.36. The number of nitrogens with zero attached hydrogens (tertiary/aromatic N) is 6. The van der Waals surface area contributed by atoms with Crippen LogP contribution < -0.4 is 36.6 Å². The smallest absolute Gasteiger partial charge is 0.364 e. The summed E-state index contributed by atoms with van der Waals surface area (Å²) in [5.41, 5.74) is 0.974. The number of amides is 6. The van der Waals surface area contributed by atoms with Crippen molar-refractivity contribution in [2.75, 3.05) is 205 Å². The number of carboxylic acids is 2. The van der Waals surface area contributed by atoms with Gasteiger partial charge in [-0.3, -0.25) is 33.6 Å². The molecule has 2 aliphatic heterocycles. The molecule has 55 heteroatoms. The fraction of sp³-hybridized carbons (Fsp3) is 0.753. The van der Waals surface area contributed by atoms with Gasteiger partial charge in [0.15, 0.2) is 0 Å². The van der Waals surface area contributed by atoms with Crippen molar-refractivity contribution in [1.82, 2.24) is 61.9 Å². The van der Waals surface area contributed by atoms with Crippen molar-refractivity contribution in [3.63, 3.8) is 0 Å². The number of aliphatic carboxylic acids is 2. The van der Waals surface area contributed by atoms with Crippen LogP contribution in [0, 0.1) is 29.1 Å². The lowest BCUT2D eigenvalue weighted by atomic mass is 9.88. The van der Waals surface area contributed by atoms with E-state index in [4.69, 9.17) is 86.0 Å². The second-order valence-corrected chi connectivity index (χ2v) is 29.0. The predicted octanol–water partition coefficient (Wildman–Crippen LogP) is -7.70. The number of benzene rings is 1. The summed E-state index contributed by atoms with van der Waals surface area (Å²) >= 11 is 0. The topological polar surface area (TPSA) is 687 Å². The van der Waals surface area contributed by atoms with Gasteiger partial charge in [0.1, 0.15) is 67.3 Å². The van der Waals surface area contributed by atoms with E-state index in [9.17, 15) is 116 Å². The molecular formula is C77H121F5N12O38. The molecule has 5 rings (SSSR count). The summed E-state index contributed by atoms with van der Waals surface area (Å²) in [6, 6.07) is -3.98. The Labute approximate surface area is 752 Å². The van der Waals surface area contributed by atoms with Gasteiger partial charge in [0.2, 0.25) is 70.3 Å². The van der Waals surface area contributed by atoms with E-state index < -0.39 is 214 Å². The van der Waals surface area contributed by atoms with Crippen LogP contribution in [0.1, 0.15) is 75.6 Å². The number of carbonyl (C=O) groups excluding carboxylic acids is 7. The highest BCUT2D eigenvalue weighted by Gasteiger charge is 2.57. The molecule has 18 N–H and O–H groups in total. The maximum atomic E-state index is 13.8. The van der Waals surface area contributed by atoms with Gasteiger partial charge in [-0.05, 0) is 25.7 Å². The number of ether oxygens (including phenoxy) is 17. The van der Waals surface area contributed by atoms with Crippen LogP contribution in [0.25, 0.3) is 0 Å². The van der Waals surface area contributed by atoms with E-state index in [2.05, 4.69) is 57.3 Å². The van der Waals surface area contributed by atoms with Gasteiger partial charge in [-0.1, -0.05) is 10.4 Å². The van der Waals surface area contributed by atoms with Crippen molar-refractivity contribution in [2.45, 2.75) is 169 Å². The number of hydrogen-bond acceptors (Lipinski definition) is 40. The van der Waals surface area contributed by atoms with E-state index in [1.807, 2.05) is 0 Å². The molecule has 2 aromatic heterocycles. The normalized spacial score (nSPS) is 19.7. The van der Waals surface area contributed by atoms with Crippen molar-refractivity contribution >= 4 is 53.4 Å². The number of aliphatic hydroxyl groups excluding tert-OH is 10. The molecule has 0 aliphatic carbocycles. The minimum atomic E-state index is -2.56. The Kier molecular flexibility index (Phi) is 55.5. The van der Waals surface area contributed by atoms with Crippen LogP contribution in [-0.4, -0.2) is 428 Å². The van der Waals surface area contributed by atoms with E-state index in [-0.39, 0.29) is 222 Å². The number of aliphatic hydroxyl groups is 10. The monoisotopic (exact) mass is 1920 g/mol. The number of carbonyl (C=O) groups is 9. The van der Waals surface area contributed by atoms with Crippen LogP contribution in [0.5, 0.6) is 5.75 Å². The Balaban J connectivity index is 0.904. The van der Waals surface area contributed by atoms with Crippen molar-refractivity contribution < 1.29 is 207 Å². The zero-order chi connectivity index (χ0) is 96.6. The summed E-state index contributed by atoms with van der Waals surface area (Å²) in [7, 11) is 0. The van der Waals surface area contributed by atoms with Gasteiger partial charge >= 0.3 is 17.9 Å². The SMILES string of the molecule is O=C(CCOCCOCCn1cc(COCCOCCO[C@]2(C(=O)O)C[C@H](O)[C@@H](NC(=O)CO)[C@H]([C@H](O)[C@H](O)CO)O2)nn1)NCCCC[C@H](NC(=O)CCCNC(=O)CCOCCOCCn1cc(COCCOCCO[C@]2(C(=O)O)C[C@H](O)[C@@H](NC(=O)CO)[C@H]([C@H](O)[C@H](O)CO)O2)nn1)C(=O)NCCOCCOCCOCCOCCC(=O)Oc1c(F)c(F)c(F)c(F)c1F. The van der Waals surface area contributed by atoms with Gasteiger partial charge in [-0.2, -0.15) is 8.78 Å². The lowest BCUT2D eigenvalue weighted by Crippen LogP contribution is -2.68. The van der Waals surface area contributed by atoms with Crippen molar-refractivity contribution in [3.8, 4) is 5.75 Å². The minimum Gasteiger partial charge on any atom is -0.477 e. The zero-order valence-electron chi connectivity index (χ0n) is 72.4. The van der Waals surface area contributed by atoms with Gasteiger partial charge in [-0.15, -0.1) is 10.2 Å². The highest BCUT2D eigenvalue weighted by molar-refractivity contribution is 5.87. The van der Waals surface area contributed by atoms with Crippen molar-refractivity contribution in [3.05, 3.63) is 52.9 Å². The molecule has 752 valence electrons. The Morgan fingerprint density at radius 2 is 0.803 bits per heavy atom. The van der Waals surface area contributed by atoms with Crippen LogP contribution in [0.2, 0.25) is 0 Å². The second kappa shape index (κ2) is 64.3. The van der Waals surface area contributed by atoms with Gasteiger partial charge in [0.05, 0.1) is 241 Å². The molecule has 2 fully saturated rings. The molecule has 132 heavy (non-hydrogen) atoms. The van der Waals surface area contributed by atoms with Gasteiger partial charge in [0, 0.05) is 51.7 Å². The summed E-state index contributed by atoms with van der Waals surface area (Å²) in [6.45, 7) is -2.01. The minimum absolute atomic E-state index is 0.0159. The molecule has 0 radical (unpaired) electrons. The van der Waals surface area contributed by atoms with E-state index in [1.54, 1.807) is 12.4 Å². The number of halogens is 5. The first-order valence-electron chi connectivity index (χ1n) is 42.2. The van der Waals surface area contributed by atoms with Gasteiger partial charge in [0.25, 0.3) is 11.6 Å². The molecule has 3 aromatic rings. The molecule has 2 saturated heterocycles. The molecule has 13 atom stereocenters. The molecule has 0 saturated carbocycles. The first-order valence-corrected chi connectivity index (χ1v) is 42.2. The van der Waals surface area contributed by atoms with Gasteiger partial charge < -0.3 is 174 Å². The molecule has 0 unspecified atom stereocenters. The number of unbranched alkanes of at least 4 members (excludes halogenated alkanes) is 1. The summed E-state index contributed by atoms with van der Waals surface area (Å²) < 4.78 is 163. The number of aromatic nitrogens is 6. The third-order valence-electron chi connectivity index (χ3n) is 19.0. The average Bonchev–Trinajstić information content (AvgIpc) is 1.04. The molecule has 2 aliphatic rings. The van der Waals surface area contributed by atoms with Crippen LogP contribution in [-0.2, 0) is 145 Å². The quantitative estimate of drug-likeness (QED) is 0.00623. The second-order valence-electron chi connectivity index (χ2n) is 29.0. The summed E-state index contributed by atoms with van der Waals surface area (Å²) in [6.07, 6.45) is -12.2. The van der Waals surface area contributed by atoms with E-state index in [0.717, 1.165) is 0 Å². The number of rotatable bonds is 75. The molecule has 1 aromatic carbocycles. The highest BCUT2D eigenvalue weighted by atomic mass is 19.2. The van der Waals surface area contributed by atoms with Crippen LogP contribution in [0.3, 0.4) is 0 Å². The molecular weight excluding hydrogens is 1800 g/mol. The predicted molar refractivity (Wildman–Crippen MR) is 427 cm³/mol. The Hall–Kier alpha value is -8.66.